The molecule has 0 heterocycles. The Morgan fingerprint density at radius 3 is 2.18 bits per heavy atom. The highest BCUT2D eigenvalue weighted by Crippen LogP contribution is 2.35. The van der Waals surface area contributed by atoms with Crippen LogP contribution in [0, 0.1) is 0 Å². The van der Waals surface area contributed by atoms with Crippen molar-refractivity contribution in [3.8, 4) is 0 Å². The number of carbonyl (C=O) groups is 2. The lowest BCUT2D eigenvalue weighted by Crippen LogP contribution is -2.51. The number of nitrogens with zero attached hydrogens (tertiary/aromatic N) is 2. The van der Waals surface area contributed by atoms with Crippen LogP contribution in [0.1, 0.15) is 25.8 Å². The molecule has 0 aromatic heterocycles. The van der Waals surface area contributed by atoms with Crippen LogP contribution in [-0.2, 0) is 26.2 Å². The zero-order valence-electron chi connectivity index (χ0n) is 20.9. The molecule has 1 atom stereocenters. The van der Waals surface area contributed by atoms with Crippen molar-refractivity contribution in [1.82, 2.24) is 10.2 Å². The maximum Gasteiger partial charge on any atom is 0.264 e. The third-order valence-corrected chi connectivity index (χ3v) is 8.78. The molecule has 0 radical (unpaired) electrons. The number of hydrogen-bond acceptors (Lipinski definition) is 4. The summed E-state index contributed by atoms with van der Waals surface area (Å²) in [5, 5.41) is 3.31. The van der Waals surface area contributed by atoms with Gasteiger partial charge < -0.3 is 10.2 Å². The number of benzene rings is 3. The van der Waals surface area contributed by atoms with Crippen LogP contribution in [-0.4, -0.2) is 44.3 Å². The van der Waals surface area contributed by atoms with Gasteiger partial charge in [0.1, 0.15) is 12.6 Å². The van der Waals surface area contributed by atoms with Crippen LogP contribution in [0.15, 0.2) is 77.7 Å². The average Bonchev–Trinajstić information content (AvgIpc) is 2.91. The van der Waals surface area contributed by atoms with Crippen molar-refractivity contribution in [2.45, 2.75) is 37.8 Å². The molecular formula is C27H28Cl3N3O4S. The van der Waals surface area contributed by atoms with E-state index in [0.717, 1.165) is 4.31 Å². The van der Waals surface area contributed by atoms with Crippen molar-refractivity contribution in [1.29, 1.82) is 0 Å². The molecule has 1 N–H and O–H groups in total. The Balaban J connectivity index is 2.06. The SMILES string of the molecule is CCCNC(=O)[C@H](C)N(Cc1ccccc1Cl)C(=O)CN(c1cccc(Cl)c1Cl)S(=O)(=O)c1ccccc1. The Bertz CT molecular complexity index is 1390. The standard InChI is InChI=1S/C27H28Cl3N3O4S/c1-3-16-31-27(35)19(2)32(17-20-10-7-8-13-22(20)28)25(34)18-33(24-15-9-14-23(29)26(24)30)38(36,37)21-11-5-4-6-12-21/h4-15,19H,3,16-18H2,1-2H3,(H,31,35)/t19-/m0/s1. The first-order chi connectivity index (χ1) is 18.1. The Hall–Kier alpha value is -2.78. The van der Waals surface area contributed by atoms with Crippen LogP contribution in [0.25, 0.3) is 0 Å². The molecule has 3 rings (SSSR count). The van der Waals surface area contributed by atoms with Gasteiger partial charge >= 0.3 is 0 Å². The summed E-state index contributed by atoms with van der Waals surface area (Å²) in [6.07, 6.45) is 0.716. The number of halogens is 3. The van der Waals surface area contributed by atoms with Crippen molar-refractivity contribution in [2.24, 2.45) is 0 Å². The van der Waals surface area contributed by atoms with Crippen molar-refractivity contribution in [2.75, 3.05) is 17.4 Å². The molecule has 0 aliphatic carbocycles. The van der Waals surface area contributed by atoms with E-state index in [1.54, 1.807) is 55.5 Å². The van der Waals surface area contributed by atoms with Gasteiger partial charge in [-0.3, -0.25) is 13.9 Å². The van der Waals surface area contributed by atoms with E-state index in [1.165, 1.54) is 29.2 Å². The van der Waals surface area contributed by atoms with E-state index in [-0.39, 0.29) is 33.1 Å². The molecular weight excluding hydrogens is 569 g/mol. The molecule has 11 heteroatoms. The van der Waals surface area contributed by atoms with Gasteiger partial charge in [0, 0.05) is 18.1 Å². The van der Waals surface area contributed by atoms with Crippen molar-refractivity contribution >= 4 is 62.3 Å². The summed E-state index contributed by atoms with van der Waals surface area (Å²) in [7, 11) is -4.25. The normalized spacial score (nSPS) is 12.0. The van der Waals surface area contributed by atoms with E-state index in [9.17, 15) is 18.0 Å². The number of nitrogens with one attached hydrogen (secondary N) is 1. The molecule has 0 fully saturated rings. The lowest BCUT2D eigenvalue weighted by atomic mass is 10.1. The highest BCUT2D eigenvalue weighted by Gasteiger charge is 2.33. The Morgan fingerprint density at radius 1 is 0.895 bits per heavy atom. The predicted molar refractivity (Wildman–Crippen MR) is 152 cm³/mol. The Labute approximate surface area is 238 Å². The second-order valence-corrected chi connectivity index (χ2v) is 11.5. The van der Waals surface area contributed by atoms with Crippen molar-refractivity contribution < 1.29 is 18.0 Å². The van der Waals surface area contributed by atoms with Gasteiger partial charge in [-0.25, -0.2) is 8.42 Å². The molecule has 0 aliphatic rings. The maximum absolute atomic E-state index is 13.9. The minimum atomic E-state index is -4.25. The molecule has 0 unspecified atom stereocenters. The van der Waals surface area contributed by atoms with Crippen molar-refractivity contribution in [3.63, 3.8) is 0 Å². The zero-order valence-corrected chi connectivity index (χ0v) is 24.0. The summed E-state index contributed by atoms with van der Waals surface area (Å²) in [6, 6.07) is 18.3. The van der Waals surface area contributed by atoms with Crippen LogP contribution in [0.5, 0.6) is 0 Å². The Kier molecular flexibility index (Phi) is 10.4. The lowest BCUT2D eigenvalue weighted by molar-refractivity contribution is -0.139. The number of sulfonamides is 1. The van der Waals surface area contributed by atoms with E-state index in [4.69, 9.17) is 34.8 Å². The van der Waals surface area contributed by atoms with E-state index in [2.05, 4.69) is 5.32 Å². The van der Waals surface area contributed by atoms with Crippen LogP contribution >= 0.6 is 34.8 Å². The summed E-state index contributed by atoms with van der Waals surface area (Å²) in [4.78, 5) is 28.0. The monoisotopic (exact) mass is 595 g/mol. The van der Waals surface area contributed by atoms with Crippen LogP contribution in [0.4, 0.5) is 5.69 Å². The second-order valence-electron chi connectivity index (χ2n) is 8.48. The van der Waals surface area contributed by atoms with E-state index < -0.39 is 28.5 Å². The quantitative estimate of drug-likeness (QED) is 0.304. The Morgan fingerprint density at radius 2 is 1.53 bits per heavy atom. The number of amides is 2. The summed E-state index contributed by atoms with van der Waals surface area (Å²) in [5.74, 6) is -0.995. The van der Waals surface area contributed by atoms with Gasteiger partial charge in [-0.15, -0.1) is 0 Å². The zero-order chi connectivity index (χ0) is 27.9. The topological polar surface area (TPSA) is 86.8 Å². The lowest BCUT2D eigenvalue weighted by Gasteiger charge is -2.32. The van der Waals surface area contributed by atoms with Gasteiger partial charge in [-0.05, 0) is 49.2 Å². The fourth-order valence-electron chi connectivity index (χ4n) is 3.71. The molecule has 38 heavy (non-hydrogen) atoms. The minimum Gasteiger partial charge on any atom is -0.354 e. The second kappa shape index (κ2) is 13.3. The van der Waals surface area contributed by atoms with Crippen LogP contribution < -0.4 is 9.62 Å². The first-order valence-electron chi connectivity index (χ1n) is 11.9. The average molecular weight is 597 g/mol. The smallest absolute Gasteiger partial charge is 0.264 e. The summed E-state index contributed by atoms with van der Waals surface area (Å²) >= 11 is 19.0. The number of hydrogen-bond donors (Lipinski definition) is 1. The molecule has 0 bridgehead atoms. The molecule has 0 aliphatic heterocycles. The van der Waals surface area contributed by atoms with Gasteiger partial charge in [0.05, 0.1) is 20.6 Å². The third kappa shape index (κ3) is 6.99. The van der Waals surface area contributed by atoms with Crippen LogP contribution in [0.2, 0.25) is 15.1 Å². The number of rotatable bonds is 11. The fraction of sp³-hybridized carbons (Fsp3) is 0.259. The van der Waals surface area contributed by atoms with Crippen molar-refractivity contribution in [3.05, 3.63) is 93.4 Å². The highest BCUT2D eigenvalue weighted by molar-refractivity contribution is 7.92. The summed E-state index contributed by atoms with van der Waals surface area (Å²) in [6.45, 7) is 3.29. The molecule has 202 valence electrons. The first-order valence-corrected chi connectivity index (χ1v) is 14.5. The molecule has 0 saturated heterocycles. The fourth-order valence-corrected chi connectivity index (χ4v) is 5.80. The van der Waals surface area contributed by atoms with E-state index in [0.29, 0.717) is 23.6 Å². The third-order valence-electron chi connectivity index (χ3n) is 5.83. The predicted octanol–water partition coefficient (Wildman–Crippen LogP) is 5.79. The first kappa shape index (κ1) is 29.8. The number of carbonyl (C=O) groups excluding carboxylic acids is 2. The largest absolute Gasteiger partial charge is 0.354 e. The molecule has 0 saturated carbocycles. The van der Waals surface area contributed by atoms with Gasteiger partial charge in [0.25, 0.3) is 10.0 Å². The molecule has 3 aromatic rings. The van der Waals surface area contributed by atoms with Crippen LogP contribution in [0.3, 0.4) is 0 Å². The van der Waals surface area contributed by atoms with Gasteiger partial charge in [0.15, 0.2) is 0 Å². The maximum atomic E-state index is 13.9. The summed E-state index contributed by atoms with van der Waals surface area (Å²) < 4.78 is 28.4. The molecule has 0 spiro atoms. The van der Waals surface area contributed by atoms with Gasteiger partial charge in [-0.1, -0.05) is 84.2 Å². The number of anilines is 1. The van der Waals surface area contributed by atoms with Gasteiger partial charge in [-0.2, -0.15) is 0 Å². The van der Waals surface area contributed by atoms with E-state index in [1.807, 2.05) is 6.92 Å². The summed E-state index contributed by atoms with van der Waals surface area (Å²) in [5.41, 5.74) is 0.646. The highest BCUT2D eigenvalue weighted by atomic mass is 35.5. The van der Waals surface area contributed by atoms with Gasteiger partial charge in [0.2, 0.25) is 11.8 Å². The minimum absolute atomic E-state index is 0.0122. The molecule has 3 aromatic carbocycles. The molecule has 2 amide bonds. The van der Waals surface area contributed by atoms with E-state index >= 15 is 0 Å². The molecule has 7 nitrogen and oxygen atoms in total.